The molecule has 2 aromatic carbocycles. The van der Waals surface area contributed by atoms with Crippen LogP contribution in [0.2, 0.25) is 5.02 Å². The van der Waals surface area contributed by atoms with Gasteiger partial charge >= 0.3 is 0 Å². The highest BCUT2D eigenvalue weighted by Gasteiger charge is 2.09. The lowest BCUT2D eigenvalue weighted by Crippen LogP contribution is -2.21. The highest BCUT2D eigenvalue weighted by Crippen LogP contribution is 2.20. The van der Waals surface area contributed by atoms with Gasteiger partial charge in [-0.15, -0.1) is 0 Å². The molecule has 28 heavy (non-hydrogen) atoms. The fraction of sp³-hybridized carbons (Fsp3) is 0.182. The molecule has 144 valence electrons. The quantitative estimate of drug-likeness (QED) is 0.549. The second-order valence-electron chi connectivity index (χ2n) is 6.24. The molecule has 0 aliphatic carbocycles. The SMILES string of the molecule is CCN(CC)c1ccc(NC(=O)c2ccc(Nc3ccc(Cl)cc3)cn2)cc1. The van der Waals surface area contributed by atoms with Gasteiger partial charge in [0, 0.05) is 35.2 Å². The van der Waals surface area contributed by atoms with Gasteiger partial charge in [0.2, 0.25) is 0 Å². The number of nitrogens with zero attached hydrogens (tertiary/aromatic N) is 2. The normalized spacial score (nSPS) is 10.4. The summed E-state index contributed by atoms with van der Waals surface area (Å²) in [5, 5.41) is 6.78. The average molecular weight is 395 g/mol. The maximum Gasteiger partial charge on any atom is 0.274 e. The van der Waals surface area contributed by atoms with Gasteiger partial charge in [0.1, 0.15) is 5.69 Å². The molecule has 1 amide bonds. The Kier molecular flexibility index (Phi) is 6.50. The first-order valence-corrected chi connectivity index (χ1v) is 9.62. The maximum atomic E-state index is 12.4. The van der Waals surface area contributed by atoms with E-state index in [-0.39, 0.29) is 5.91 Å². The Hall–Kier alpha value is -3.05. The first kappa shape index (κ1) is 19.7. The molecule has 5 nitrogen and oxygen atoms in total. The number of carbonyl (C=O) groups is 1. The zero-order valence-electron chi connectivity index (χ0n) is 15.9. The van der Waals surface area contributed by atoms with E-state index in [1.165, 1.54) is 0 Å². The highest BCUT2D eigenvalue weighted by molar-refractivity contribution is 6.30. The number of aromatic nitrogens is 1. The molecule has 1 aromatic heterocycles. The van der Waals surface area contributed by atoms with E-state index in [1.807, 2.05) is 54.6 Å². The first-order chi connectivity index (χ1) is 13.6. The minimum absolute atomic E-state index is 0.242. The number of hydrogen-bond acceptors (Lipinski definition) is 4. The summed E-state index contributed by atoms with van der Waals surface area (Å²) in [4.78, 5) is 18.9. The molecular weight excluding hydrogens is 372 g/mol. The molecule has 3 rings (SSSR count). The standard InChI is InChI=1S/C22H23ClN4O/c1-3-27(4-2)20-12-9-18(10-13-20)26-22(28)21-14-11-19(15-24-21)25-17-7-5-16(23)6-8-17/h5-15,25H,3-4H2,1-2H3,(H,26,28). The van der Waals surface area contributed by atoms with Crippen molar-refractivity contribution < 1.29 is 4.79 Å². The Balaban J connectivity index is 1.62. The topological polar surface area (TPSA) is 57.3 Å². The van der Waals surface area contributed by atoms with Crippen LogP contribution in [0.15, 0.2) is 66.9 Å². The second kappa shape index (κ2) is 9.24. The Morgan fingerprint density at radius 2 is 1.50 bits per heavy atom. The molecule has 0 bridgehead atoms. The summed E-state index contributed by atoms with van der Waals surface area (Å²) in [5.74, 6) is -0.242. The lowest BCUT2D eigenvalue weighted by molar-refractivity contribution is 0.102. The number of benzene rings is 2. The van der Waals surface area contributed by atoms with E-state index < -0.39 is 0 Å². The van der Waals surface area contributed by atoms with Crippen LogP contribution >= 0.6 is 11.6 Å². The van der Waals surface area contributed by atoms with Crippen molar-refractivity contribution >= 4 is 40.3 Å². The third-order valence-corrected chi connectivity index (χ3v) is 4.63. The molecule has 0 atom stereocenters. The van der Waals surface area contributed by atoms with Gasteiger partial charge in [0.15, 0.2) is 0 Å². The van der Waals surface area contributed by atoms with Gasteiger partial charge in [-0.2, -0.15) is 0 Å². The largest absolute Gasteiger partial charge is 0.372 e. The monoisotopic (exact) mass is 394 g/mol. The number of amides is 1. The lowest BCUT2D eigenvalue weighted by atomic mass is 10.2. The second-order valence-corrected chi connectivity index (χ2v) is 6.67. The third kappa shape index (κ3) is 5.02. The van der Waals surface area contributed by atoms with Gasteiger partial charge in [0.25, 0.3) is 5.91 Å². The summed E-state index contributed by atoms with van der Waals surface area (Å²) >= 11 is 5.89. The van der Waals surface area contributed by atoms with E-state index in [0.29, 0.717) is 10.7 Å². The van der Waals surface area contributed by atoms with Gasteiger partial charge in [-0.25, -0.2) is 4.98 Å². The smallest absolute Gasteiger partial charge is 0.274 e. The molecular formula is C22H23ClN4O. The zero-order valence-corrected chi connectivity index (χ0v) is 16.7. The summed E-state index contributed by atoms with van der Waals surface area (Å²) < 4.78 is 0. The number of hydrogen-bond donors (Lipinski definition) is 2. The van der Waals surface area contributed by atoms with Crippen molar-refractivity contribution in [2.45, 2.75) is 13.8 Å². The van der Waals surface area contributed by atoms with E-state index in [1.54, 1.807) is 12.3 Å². The van der Waals surface area contributed by atoms with Gasteiger partial charge in [0.05, 0.1) is 11.9 Å². The van der Waals surface area contributed by atoms with Crippen LogP contribution in [0.25, 0.3) is 0 Å². The molecule has 0 spiro atoms. The predicted octanol–water partition coefficient (Wildman–Crippen LogP) is 5.58. The molecule has 0 saturated carbocycles. The molecule has 0 saturated heterocycles. The van der Waals surface area contributed by atoms with Crippen molar-refractivity contribution in [3.8, 4) is 0 Å². The molecule has 1 heterocycles. The van der Waals surface area contributed by atoms with Crippen LogP contribution < -0.4 is 15.5 Å². The molecule has 0 radical (unpaired) electrons. The molecule has 0 aliphatic rings. The van der Waals surface area contributed by atoms with Gasteiger partial charge in [-0.3, -0.25) is 4.79 Å². The van der Waals surface area contributed by atoms with E-state index in [0.717, 1.165) is 35.8 Å². The Morgan fingerprint density at radius 1 is 0.893 bits per heavy atom. The molecule has 0 unspecified atom stereocenters. The lowest BCUT2D eigenvalue weighted by Gasteiger charge is -2.21. The number of carbonyl (C=O) groups excluding carboxylic acids is 1. The van der Waals surface area contributed by atoms with E-state index in [4.69, 9.17) is 11.6 Å². The van der Waals surface area contributed by atoms with Gasteiger partial charge in [-0.05, 0) is 74.5 Å². The van der Waals surface area contributed by atoms with Crippen LogP contribution in [0, 0.1) is 0 Å². The fourth-order valence-corrected chi connectivity index (χ4v) is 2.97. The first-order valence-electron chi connectivity index (χ1n) is 9.24. The van der Waals surface area contributed by atoms with Crippen molar-refractivity contribution in [2.24, 2.45) is 0 Å². The molecule has 0 fully saturated rings. The number of anilines is 4. The fourth-order valence-electron chi connectivity index (χ4n) is 2.84. The minimum Gasteiger partial charge on any atom is -0.372 e. The van der Waals surface area contributed by atoms with E-state index >= 15 is 0 Å². The third-order valence-electron chi connectivity index (χ3n) is 4.38. The van der Waals surface area contributed by atoms with E-state index in [9.17, 15) is 4.79 Å². The molecule has 3 aromatic rings. The van der Waals surface area contributed by atoms with Crippen molar-refractivity contribution in [2.75, 3.05) is 28.6 Å². The van der Waals surface area contributed by atoms with Crippen LogP contribution in [0.5, 0.6) is 0 Å². The number of pyridine rings is 1. The van der Waals surface area contributed by atoms with Crippen molar-refractivity contribution in [1.29, 1.82) is 0 Å². The number of nitrogens with one attached hydrogen (secondary N) is 2. The van der Waals surface area contributed by atoms with Crippen LogP contribution in [0.3, 0.4) is 0 Å². The highest BCUT2D eigenvalue weighted by atomic mass is 35.5. The minimum atomic E-state index is -0.242. The molecule has 2 N–H and O–H groups in total. The molecule has 6 heteroatoms. The summed E-state index contributed by atoms with van der Waals surface area (Å²) in [5.41, 5.74) is 3.93. The predicted molar refractivity (Wildman–Crippen MR) is 117 cm³/mol. The van der Waals surface area contributed by atoms with Crippen molar-refractivity contribution in [3.05, 3.63) is 77.6 Å². The average Bonchev–Trinajstić information content (AvgIpc) is 2.72. The maximum absolute atomic E-state index is 12.4. The summed E-state index contributed by atoms with van der Waals surface area (Å²) in [6.45, 7) is 6.14. The Bertz CT molecular complexity index is 905. The Labute approximate surface area is 170 Å². The van der Waals surface area contributed by atoms with Crippen LogP contribution in [-0.4, -0.2) is 24.0 Å². The van der Waals surface area contributed by atoms with E-state index in [2.05, 4.69) is 34.4 Å². The van der Waals surface area contributed by atoms with Gasteiger partial charge in [-0.1, -0.05) is 11.6 Å². The molecule has 0 aliphatic heterocycles. The van der Waals surface area contributed by atoms with Crippen molar-refractivity contribution in [3.63, 3.8) is 0 Å². The van der Waals surface area contributed by atoms with Gasteiger partial charge < -0.3 is 15.5 Å². The van der Waals surface area contributed by atoms with Crippen molar-refractivity contribution in [1.82, 2.24) is 4.98 Å². The Morgan fingerprint density at radius 3 is 2.07 bits per heavy atom. The van der Waals surface area contributed by atoms with Crippen LogP contribution in [0.1, 0.15) is 24.3 Å². The zero-order chi connectivity index (χ0) is 19.9. The van der Waals surface area contributed by atoms with Crippen LogP contribution in [0.4, 0.5) is 22.7 Å². The number of halogens is 1. The summed E-state index contributed by atoms with van der Waals surface area (Å²) in [6.07, 6.45) is 1.63. The number of rotatable bonds is 7. The van der Waals surface area contributed by atoms with Crippen LogP contribution in [-0.2, 0) is 0 Å². The summed E-state index contributed by atoms with van der Waals surface area (Å²) in [7, 11) is 0. The summed E-state index contributed by atoms with van der Waals surface area (Å²) in [6, 6.07) is 18.7.